The lowest BCUT2D eigenvalue weighted by Gasteiger charge is -2.26. The van der Waals surface area contributed by atoms with Crippen LogP contribution >= 0.6 is 11.6 Å². The highest BCUT2D eigenvalue weighted by atomic mass is 35.5. The van der Waals surface area contributed by atoms with Crippen molar-refractivity contribution in [1.29, 1.82) is 0 Å². The third-order valence-electron chi connectivity index (χ3n) is 2.44. The first kappa shape index (κ1) is 11.2. The van der Waals surface area contributed by atoms with E-state index in [1.807, 2.05) is 0 Å². The van der Waals surface area contributed by atoms with Gasteiger partial charge in [-0.1, -0.05) is 11.6 Å². The molecule has 1 aliphatic rings. The van der Waals surface area contributed by atoms with Crippen molar-refractivity contribution in [2.45, 2.75) is 0 Å². The number of nitro benzene ring substituents is 1. The maximum absolute atomic E-state index is 10.8. The van der Waals surface area contributed by atoms with E-state index in [1.165, 1.54) is 6.07 Å². The van der Waals surface area contributed by atoms with Crippen molar-refractivity contribution >= 4 is 23.0 Å². The van der Waals surface area contributed by atoms with E-state index in [-0.39, 0.29) is 5.69 Å². The molecule has 6 heteroatoms. The summed E-state index contributed by atoms with van der Waals surface area (Å²) in [5, 5.41) is 14.2. The highest BCUT2D eigenvalue weighted by molar-refractivity contribution is 6.30. The fourth-order valence-electron chi connectivity index (χ4n) is 1.46. The quantitative estimate of drug-likeness (QED) is 0.650. The first-order chi connectivity index (χ1) is 7.66. The Labute approximate surface area is 97.5 Å². The van der Waals surface area contributed by atoms with Gasteiger partial charge >= 0.3 is 0 Å². The molecule has 0 aromatic heterocycles. The molecule has 0 radical (unpaired) electrons. The Morgan fingerprint density at radius 3 is 2.88 bits per heavy atom. The zero-order chi connectivity index (χ0) is 11.5. The summed E-state index contributed by atoms with van der Waals surface area (Å²) >= 11 is 5.71. The molecular weight excluding hydrogens is 232 g/mol. The first-order valence-corrected chi connectivity index (χ1v) is 5.30. The van der Waals surface area contributed by atoms with Crippen LogP contribution in [0.1, 0.15) is 0 Å². The Kier molecular flexibility index (Phi) is 3.26. The van der Waals surface area contributed by atoms with E-state index >= 15 is 0 Å². The lowest BCUT2D eigenvalue weighted by atomic mass is 10.1. The summed E-state index contributed by atoms with van der Waals surface area (Å²) in [5.41, 5.74) is 0.508. The van der Waals surface area contributed by atoms with Crippen LogP contribution in [-0.4, -0.2) is 24.7 Å². The second-order valence-electron chi connectivity index (χ2n) is 3.70. The average Bonchev–Trinajstić information content (AvgIpc) is 2.17. The van der Waals surface area contributed by atoms with Gasteiger partial charge in [0.15, 0.2) is 0 Å². The van der Waals surface area contributed by atoms with E-state index in [0.717, 1.165) is 0 Å². The lowest BCUT2D eigenvalue weighted by Crippen LogP contribution is -2.33. The van der Waals surface area contributed by atoms with Crippen LogP contribution in [0.4, 0.5) is 11.4 Å². The Balaban J connectivity index is 2.08. The molecule has 0 spiro atoms. The molecule has 0 saturated carbocycles. The van der Waals surface area contributed by atoms with Gasteiger partial charge in [0.05, 0.1) is 18.1 Å². The second-order valence-corrected chi connectivity index (χ2v) is 4.14. The number of anilines is 1. The van der Waals surface area contributed by atoms with Crippen molar-refractivity contribution < 1.29 is 9.66 Å². The van der Waals surface area contributed by atoms with Crippen molar-refractivity contribution in [3.8, 4) is 0 Å². The van der Waals surface area contributed by atoms with Gasteiger partial charge in [-0.15, -0.1) is 0 Å². The maximum atomic E-state index is 10.8. The Hall–Kier alpha value is -1.33. The average molecular weight is 243 g/mol. The molecule has 0 aliphatic carbocycles. The summed E-state index contributed by atoms with van der Waals surface area (Å²) in [6, 6.07) is 4.61. The summed E-state index contributed by atoms with van der Waals surface area (Å²) < 4.78 is 5.03. The number of ether oxygens (including phenoxy) is 1. The van der Waals surface area contributed by atoms with E-state index in [1.54, 1.807) is 12.1 Å². The summed E-state index contributed by atoms with van der Waals surface area (Å²) in [5.74, 6) is 0.440. The summed E-state index contributed by atoms with van der Waals surface area (Å²) in [4.78, 5) is 10.3. The van der Waals surface area contributed by atoms with Crippen LogP contribution in [0, 0.1) is 16.0 Å². The summed E-state index contributed by atoms with van der Waals surface area (Å²) in [6.07, 6.45) is 0. The Morgan fingerprint density at radius 2 is 2.31 bits per heavy atom. The number of nitro groups is 1. The molecule has 1 fully saturated rings. The minimum Gasteiger partial charge on any atom is -0.381 e. The van der Waals surface area contributed by atoms with Crippen molar-refractivity contribution in [1.82, 2.24) is 0 Å². The molecule has 2 rings (SSSR count). The van der Waals surface area contributed by atoms with E-state index in [4.69, 9.17) is 16.3 Å². The molecule has 1 saturated heterocycles. The molecule has 1 aromatic rings. The standard InChI is InChI=1S/C10H11ClN2O3/c11-8-1-2-9(10(3-8)13(14)15)12-4-7-5-16-6-7/h1-3,7,12H,4-6H2. The van der Waals surface area contributed by atoms with Gasteiger partial charge in [0.1, 0.15) is 5.69 Å². The number of hydrogen-bond donors (Lipinski definition) is 1. The van der Waals surface area contributed by atoms with Gasteiger partial charge in [0.25, 0.3) is 5.69 Å². The van der Waals surface area contributed by atoms with Crippen LogP contribution in [0.15, 0.2) is 18.2 Å². The molecule has 0 bridgehead atoms. The SMILES string of the molecule is O=[N+]([O-])c1cc(Cl)ccc1NCC1COC1. The maximum Gasteiger partial charge on any atom is 0.293 e. The van der Waals surface area contributed by atoms with Gasteiger partial charge in [-0.2, -0.15) is 0 Å². The molecular formula is C10H11ClN2O3. The van der Waals surface area contributed by atoms with Crippen molar-refractivity contribution in [2.24, 2.45) is 5.92 Å². The van der Waals surface area contributed by atoms with Gasteiger partial charge in [0, 0.05) is 23.6 Å². The predicted octanol–water partition coefficient (Wildman–Crippen LogP) is 2.31. The number of nitrogens with one attached hydrogen (secondary N) is 1. The van der Waals surface area contributed by atoms with Gasteiger partial charge in [0.2, 0.25) is 0 Å². The molecule has 1 heterocycles. The molecule has 16 heavy (non-hydrogen) atoms. The molecule has 0 atom stereocenters. The fraction of sp³-hybridized carbons (Fsp3) is 0.400. The van der Waals surface area contributed by atoms with Crippen LogP contribution in [-0.2, 0) is 4.74 Å². The van der Waals surface area contributed by atoms with Gasteiger partial charge in [-0.05, 0) is 12.1 Å². The minimum absolute atomic E-state index is 0.00717. The Morgan fingerprint density at radius 1 is 1.56 bits per heavy atom. The van der Waals surface area contributed by atoms with E-state index in [9.17, 15) is 10.1 Å². The topological polar surface area (TPSA) is 64.4 Å². The summed E-state index contributed by atoms with van der Waals surface area (Å²) in [7, 11) is 0. The normalized spacial score (nSPS) is 15.6. The van der Waals surface area contributed by atoms with E-state index in [2.05, 4.69) is 5.32 Å². The van der Waals surface area contributed by atoms with Crippen LogP contribution in [0.3, 0.4) is 0 Å². The first-order valence-electron chi connectivity index (χ1n) is 4.92. The number of benzene rings is 1. The summed E-state index contributed by atoms with van der Waals surface area (Å²) in [6.45, 7) is 2.12. The second kappa shape index (κ2) is 4.67. The van der Waals surface area contributed by atoms with E-state index < -0.39 is 4.92 Å². The van der Waals surface area contributed by atoms with Crippen LogP contribution in [0.25, 0.3) is 0 Å². The molecule has 86 valence electrons. The Bertz CT molecular complexity index is 407. The van der Waals surface area contributed by atoms with Crippen molar-refractivity contribution in [3.05, 3.63) is 33.3 Å². The number of hydrogen-bond acceptors (Lipinski definition) is 4. The zero-order valence-electron chi connectivity index (χ0n) is 8.48. The molecule has 1 N–H and O–H groups in total. The van der Waals surface area contributed by atoms with Crippen LogP contribution < -0.4 is 5.32 Å². The van der Waals surface area contributed by atoms with E-state index in [0.29, 0.717) is 36.4 Å². The predicted molar refractivity (Wildman–Crippen MR) is 60.9 cm³/mol. The molecule has 0 amide bonds. The molecule has 5 nitrogen and oxygen atoms in total. The number of halogens is 1. The molecule has 1 aromatic carbocycles. The highest BCUT2D eigenvalue weighted by Gasteiger charge is 2.20. The highest BCUT2D eigenvalue weighted by Crippen LogP contribution is 2.28. The van der Waals surface area contributed by atoms with Crippen LogP contribution in [0.5, 0.6) is 0 Å². The number of rotatable bonds is 4. The molecule has 0 unspecified atom stereocenters. The number of nitrogens with zero attached hydrogens (tertiary/aromatic N) is 1. The fourth-order valence-corrected chi connectivity index (χ4v) is 1.63. The van der Waals surface area contributed by atoms with Gasteiger partial charge < -0.3 is 10.1 Å². The largest absolute Gasteiger partial charge is 0.381 e. The van der Waals surface area contributed by atoms with Gasteiger partial charge in [-0.3, -0.25) is 10.1 Å². The zero-order valence-corrected chi connectivity index (χ0v) is 9.24. The monoisotopic (exact) mass is 242 g/mol. The third kappa shape index (κ3) is 2.43. The van der Waals surface area contributed by atoms with Crippen LogP contribution in [0.2, 0.25) is 5.02 Å². The third-order valence-corrected chi connectivity index (χ3v) is 2.68. The van der Waals surface area contributed by atoms with Crippen molar-refractivity contribution in [2.75, 3.05) is 25.1 Å². The lowest BCUT2D eigenvalue weighted by molar-refractivity contribution is -0.384. The molecule has 1 aliphatic heterocycles. The van der Waals surface area contributed by atoms with Crippen molar-refractivity contribution in [3.63, 3.8) is 0 Å². The van der Waals surface area contributed by atoms with Gasteiger partial charge in [-0.25, -0.2) is 0 Å². The smallest absolute Gasteiger partial charge is 0.293 e. The minimum atomic E-state index is -0.439.